The van der Waals surface area contributed by atoms with Crippen molar-refractivity contribution in [2.24, 2.45) is 0 Å². The van der Waals surface area contributed by atoms with Crippen molar-refractivity contribution in [3.8, 4) is 0 Å². The second kappa shape index (κ2) is 5.09. The van der Waals surface area contributed by atoms with Gasteiger partial charge < -0.3 is 14.5 Å². The average Bonchev–Trinajstić information content (AvgIpc) is 2.85. The summed E-state index contributed by atoms with van der Waals surface area (Å²) in [5.41, 5.74) is 3.47. The van der Waals surface area contributed by atoms with E-state index >= 15 is 0 Å². The smallest absolute Gasteiger partial charge is 0.268 e. The van der Waals surface area contributed by atoms with E-state index in [1.165, 1.54) is 17.7 Å². The monoisotopic (exact) mass is 331 g/mol. The minimum atomic E-state index is -0.232. The molecule has 1 aliphatic rings. The molecule has 3 aromatic heterocycles. The van der Waals surface area contributed by atoms with E-state index in [9.17, 15) is 4.79 Å². The fourth-order valence-corrected chi connectivity index (χ4v) is 4.19. The average molecular weight is 331 g/mol. The van der Waals surface area contributed by atoms with Gasteiger partial charge in [-0.1, -0.05) is 0 Å². The van der Waals surface area contributed by atoms with Gasteiger partial charge in [0.25, 0.3) is 5.56 Å². The standard InChI is InChI=1S/C16H17N3O3S/c1-16(2)4-10-8(6-22-16)9(5-21-3)11-12-13(23-15(11)19-10)14(20)18-7-17-12/h7H,4-6H2,1-3H3,(H,17,18,20). The van der Waals surface area contributed by atoms with Gasteiger partial charge in [-0.05, 0) is 19.4 Å². The van der Waals surface area contributed by atoms with E-state index in [1.54, 1.807) is 7.11 Å². The summed E-state index contributed by atoms with van der Waals surface area (Å²) < 4.78 is 12.0. The van der Waals surface area contributed by atoms with Gasteiger partial charge in [0, 0.05) is 24.5 Å². The molecular formula is C16H17N3O3S. The highest BCUT2D eigenvalue weighted by atomic mass is 32.1. The molecule has 0 amide bonds. The number of ether oxygens (including phenoxy) is 2. The highest BCUT2D eigenvalue weighted by Gasteiger charge is 2.30. The first kappa shape index (κ1) is 14.7. The van der Waals surface area contributed by atoms with Gasteiger partial charge in [0.05, 0.1) is 36.4 Å². The van der Waals surface area contributed by atoms with Crippen LogP contribution in [0.4, 0.5) is 0 Å². The van der Waals surface area contributed by atoms with E-state index in [4.69, 9.17) is 14.5 Å². The Morgan fingerprint density at radius 3 is 3.09 bits per heavy atom. The summed E-state index contributed by atoms with van der Waals surface area (Å²) in [6, 6.07) is 0. The molecule has 0 fully saturated rings. The minimum Gasteiger partial charge on any atom is -0.380 e. The lowest BCUT2D eigenvalue weighted by atomic mass is 9.92. The predicted octanol–water partition coefficient (Wildman–Crippen LogP) is 2.53. The minimum absolute atomic E-state index is 0.129. The fraction of sp³-hybridized carbons (Fsp3) is 0.438. The largest absolute Gasteiger partial charge is 0.380 e. The molecule has 0 atom stereocenters. The van der Waals surface area contributed by atoms with Crippen LogP contribution in [0.15, 0.2) is 11.1 Å². The van der Waals surface area contributed by atoms with E-state index in [0.29, 0.717) is 23.4 Å². The number of thiophene rings is 1. The Balaban J connectivity index is 2.10. The molecule has 23 heavy (non-hydrogen) atoms. The first-order valence-electron chi connectivity index (χ1n) is 7.43. The van der Waals surface area contributed by atoms with Gasteiger partial charge in [0.1, 0.15) is 9.53 Å². The van der Waals surface area contributed by atoms with Gasteiger partial charge in [-0.25, -0.2) is 9.97 Å². The fourth-order valence-electron chi connectivity index (χ4n) is 3.12. The summed E-state index contributed by atoms with van der Waals surface area (Å²) in [6.45, 7) is 5.08. The van der Waals surface area contributed by atoms with Gasteiger partial charge in [-0.2, -0.15) is 0 Å². The molecule has 0 aromatic carbocycles. The number of hydrogen-bond donors (Lipinski definition) is 1. The molecule has 120 valence electrons. The number of nitrogens with zero attached hydrogens (tertiary/aromatic N) is 2. The van der Waals surface area contributed by atoms with Gasteiger partial charge in [-0.15, -0.1) is 11.3 Å². The van der Waals surface area contributed by atoms with Crippen LogP contribution in [0.1, 0.15) is 30.7 Å². The number of pyridine rings is 1. The number of aromatic amines is 1. The molecule has 4 heterocycles. The van der Waals surface area contributed by atoms with Gasteiger partial charge in [-0.3, -0.25) is 4.79 Å². The summed E-state index contributed by atoms with van der Waals surface area (Å²) >= 11 is 1.39. The third kappa shape index (κ3) is 2.27. The molecular weight excluding hydrogens is 314 g/mol. The van der Waals surface area contributed by atoms with Crippen molar-refractivity contribution in [2.75, 3.05) is 7.11 Å². The molecule has 0 saturated heterocycles. The van der Waals surface area contributed by atoms with Crippen molar-refractivity contribution in [3.63, 3.8) is 0 Å². The van der Waals surface area contributed by atoms with Crippen LogP contribution in [-0.2, 0) is 29.1 Å². The molecule has 0 unspecified atom stereocenters. The van der Waals surface area contributed by atoms with Crippen molar-refractivity contribution < 1.29 is 9.47 Å². The molecule has 0 saturated carbocycles. The Morgan fingerprint density at radius 2 is 2.30 bits per heavy atom. The zero-order chi connectivity index (χ0) is 16.2. The number of nitrogens with one attached hydrogen (secondary N) is 1. The number of H-pyrrole nitrogens is 1. The molecule has 4 rings (SSSR count). The molecule has 0 spiro atoms. The molecule has 1 aliphatic heterocycles. The van der Waals surface area contributed by atoms with Crippen LogP contribution < -0.4 is 5.56 Å². The Labute approximate surface area is 136 Å². The van der Waals surface area contributed by atoms with Crippen molar-refractivity contribution in [3.05, 3.63) is 33.5 Å². The van der Waals surface area contributed by atoms with E-state index in [-0.39, 0.29) is 11.2 Å². The molecule has 6 nitrogen and oxygen atoms in total. The zero-order valence-electron chi connectivity index (χ0n) is 13.2. The van der Waals surface area contributed by atoms with Crippen molar-refractivity contribution in [2.45, 2.75) is 39.1 Å². The normalized spacial score (nSPS) is 16.8. The SMILES string of the molecule is COCc1c2c(nc3sc4c(=O)[nH]cnc4c13)CC(C)(C)OC2. The molecule has 3 aromatic rings. The van der Waals surface area contributed by atoms with Crippen LogP contribution in [-0.4, -0.2) is 27.7 Å². The highest BCUT2D eigenvalue weighted by molar-refractivity contribution is 7.25. The predicted molar refractivity (Wildman–Crippen MR) is 88.8 cm³/mol. The summed E-state index contributed by atoms with van der Waals surface area (Å²) in [7, 11) is 1.67. The van der Waals surface area contributed by atoms with Crippen LogP contribution in [0.3, 0.4) is 0 Å². The lowest BCUT2D eigenvalue weighted by Crippen LogP contribution is -2.33. The van der Waals surface area contributed by atoms with Crippen molar-refractivity contribution in [1.29, 1.82) is 0 Å². The zero-order valence-corrected chi connectivity index (χ0v) is 14.0. The topological polar surface area (TPSA) is 77.1 Å². The highest BCUT2D eigenvalue weighted by Crippen LogP contribution is 2.38. The quantitative estimate of drug-likeness (QED) is 0.781. The number of methoxy groups -OCH3 is 1. The lowest BCUT2D eigenvalue weighted by molar-refractivity contribution is -0.0419. The molecule has 0 radical (unpaired) electrons. The maximum absolute atomic E-state index is 12.1. The van der Waals surface area contributed by atoms with E-state index in [2.05, 4.69) is 23.8 Å². The molecule has 0 aliphatic carbocycles. The van der Waals surface area contributed by atoms with Crippen molar-refractivity contribution >= 4 is 31.8 Å². The van der Waals surface area contributed by atoms with E-state index in [1.807, 2.05) is 0 Å². The van der Waals surface area contributed by atoms with Crippen LogP contribution in [0, 0.1) is 0 Å². The van der Waals surface area contributed by atoms with E-state index < -0.39 is 0 Å². The maximum Gasteiger partial charge on any atom is 0.268 e. The van der Waals surface area contributed by atoms with Gasteiger partial charge in [0.2, 0.25) is 0 Å². The first-order valence-corrected chi connectivity index (χ1v) is 8.25. The second-order valence-corrected chi connectivity index (χ2v) is 7.36. The van der Waals surface area contributed by atoms with Crippen molar-refractivity contribution in [1.82, 2.24) is 15.0 Å². The lowest BCUT2D eigenvalue weighted by Gasteiger charge is -2.32. The molecule has 7 heteroatoms. The molecule has 0 bridgehead atoms. The van der Waals surface area contributed by atoms with E-state index in [0.717, 1.165) is 33.5 Å². The Hall–Kier alpha value is -1.83. The molecule has 1 N–H and O–H groups in total. The number of fused-ring (bicyclic) bond motifs is 4. The number of rotatable bonds is 2. The van der Waals surface area contributed by atoms with Gasteiger partial charge >= 0.3 is 0 Å². The summed E-state index contributed by atoms with van der Waals surface area (Å²) in [6.07, 6.45) is 2.18. The van der Waals surface area contributed by atoms with Gasteiger partial charge in [0.15, 0.2) is 0 Å². The first-order chi connectivity index (χ1) is 11.0. The summed E-state index contributed by atoms with van der Waals surface area (Å²) in [4.78, 5) is 24.7. The Morgan fingerprint density at radius 1 is 1.48 bits per heavy atom. The summed E-state index contributed by atoms with van der Waals surface area (Å²) in [5, 5.41) is 0.917. The number of aromatic nitrogens is 3. The third-order valence-corrected chi connectivity index (χ3v) is 5.27. The van der Waals surface area contributed by atoms with Crippen LogP contribution in [0.5, 0.6) is 0 Å². The van der Waals surface area contributed by atoms with Crippen LogP contribution >= 0.6 is 11.3 Å². The Bertz CT molecular complexity index is 974. The van der Waals surface area contributed by atoms with Crippen LogP contribution in [0.25, 0.3) is 20.4 Å². The van der Waals surface area contributed by atoms with Crippen LogP contribution in [0.2, 0.25) is 0 Å². The second-order valence-electron chi connectivity index (χ2n) is 6.37. The maximum atomic E-state index is 12.1. The Kier molecular flexibility index (Phi) is 3.26. The summed E-state index contributed by atoms with van der Waals surface area (Å²) in [5.74, 6) is 0. The third-order valence-electron chi connectivity index (χ3n) is 4.20. The number of hydrogen-bond acceptors (Lipinski definition) is 6.